The van der Waals surface area contributed by atoms with Crippen molar-refractivity contribution < 1.29 is 9.90 Å². The second-order valence-electron chi connectivity index (χ2n) is 5.93. The average Bonchev–Trinajstić information content (AvgIpc) is 2.72. The molecule has 1 fully saturated rings. The first-order valence-electron chi connectivity index (χ1n) is 7.57. The van der Waals surface area contributed by atoms with Gasteiger partial charge in [0, 0.05) is 18.1 Å². The third-order valence-electron chi connectivity index (χ3n) is 4.27. The van der Waals surface area contributed by atoms with Crippen LogP contribution in [0.4, 0.5) is 0 Å². The summed E-state index contributed by atoms with van der Waals surface area (Å²) >= 11 is 5.74. The molecule has 0 bridgehead atoms. The van der Waals surface area contributed by atoms with Crippen LogP contribution < -0.4 is 5.32 Å². The molecule has 1 aliphatic carbocycles. The number of carbonyl (C=O) groups is 1. The number of hydrogen-bond acceptors (Lipinski definition) is 3. The van der Waals surface area contributed by atoms with Gasteiger partial charge in [-0.25, -0.2) is 0 Å². The molecule has 2 N–H and O–H groups in total. The number of hydrogen-bond donors (Lipinski definition) is 2. The highest BCUT2D eigenvalue weighted by Gasteiger charge is 2.30. The maximum absolute atomic E-state index is 12.4. The van der Waals surface area contributed by atoms with Gasteiger partial charge >= 0.3 is 0 Å². The summed E-state index contributed by atoms with van der Waals surface area (Å²) in [7, 11) is 0. The van der Waals surface area contributed by atoms with E-state index in [0.29, 0.717) is 30.2 Å². The molecular formula is C15H24ClN3O2. The molecule has 6 heteroatoms. The monoisotopic (exact) mass is 313 g/mol. The fourth-order valence-corrected chi connectivity index (χ4v) is 3.20. The van der Waals surface area contributed by atoms with Crippen molar-refractivity contribution >= 4 is 17.5 Å². The number of aliphatic hydroxyl groups is 1. The zero-order chi connectivity index (χ0) is 15.5. The van der Waals surface area contributed by atoms with Crippen LogP contribution in [0.1, 0.15) is 53.8 Å². The van der Waals surface area contributed by atoms with Crippen molar-refractivity contribution in [2.45, 2.75) is 58.1 Å². The third-order valence-corrected chi connectivity index (χ3v) is 4.44. The van der Waals surface area contributed by atoms with E-state index in [1.54, 1.807) is 4.68 Å². The Kier molecular flexibility index (Phi) is 5.27. The van der Waals surface area contributed by atoms with E-state index in [1.165, 1.54) is 6.42 Å². The molecule has 0 aromatic carbocycles. The number of amides is 1. The first kappa shape index (κ1) is 16.3. The molecule has 1 aliphatic rings. The van der Waals surface area contributed by atoms with Crippen LogP contribution in [0.2, 0.25) is 0 Å². The molecule has 0 atom stereocenters. The lowest BCUT2D eigenvalue weighted by molar-refractivity contribution is 0.00524. The number of aryl methyl sites for hydroxylation is 2. The summed E-state index contributed by atoms with van der Waals surface area (Å²) in [6, 6.07) is 0. The zero-order valence-electron chi connectivity index (χ0n) is 12.8. The van der Waals surface area contributed by atoms with Crippen LogP contribution in [0.25, 0.3) is 0 Å². The first-order chi connectivity index (χ1) is 9.97. The maximum Gasteiger partial charge on any atom is 0.255 e. The molecule has 1 saturated carbocycles. The molecule has 118 valence electrons. The van der Waals surface area contributed by atoms with Gasteiger partial charge in [-0.2, -0.15) is 5.10 Å². The lowest BCUT2D eigenvalue weighted by Gasteiger charge is -2.32. The highest BCUT2D eigenvalue weighted by atomic mass is 35.5. The van der Waals surface area contributed by atoms with Crippen molar-refractivity contribution in [3.8, 4) is 0 Å². The van der Waals surface area contributed by atoms with Crippen molar-refractivity contribution in [2.75, 3.05) is 12.4 Å². The molecule has 2 rings (SSSR count). The van der Waals surface area contributed by atoms with E-state index in [-0.39, 0.29) is 5.91 Å². The second-order valence-corrected chi connectivity index (χ2v) is 6.30. The highest BCUT2D eigenvalue weighted by molar-refractivity contribution is 6.17. The van der Waals surface area contributed by atoms with E-state index in [9.17, 15) is 9.90 Å². The lowest BCUT2D eigenvalue weighted by Crippen LogP contribution is -2.44. The summed E-state index contributed by atoms with van der Waals surface area (Å²) in [6.07, 6.45) is 4.74. The minimum Gasteiger partial charge on any atom is -0.388 e. The molecule has 1 aromatic rings. The molecule has 1 amide bonds. The number of alkyl halides is 1. The summed E-state index contributed by atoms with van der Waals surface area (Å²) < 4.78 is 1.76. The number of halogens is 1. The van der Waals surface area contributed by atoms with Gasteiger partial charge in [0.2, 0.25) is 0 Å². The van der Waals surface area contributed by atoms with Gasteiger partial charge in [-0.3, -0.25) is 9.48 Å². The second kappa shape index (κ2) is 6.79. The Hall–Kier alpha value is -1.07. The van der Waals surface area contributed by atoms with Gasteiger partial charge in [-0.1, -0.05) is 19.3 Å². The Balaban J connectivity index is 2.03. The number of nitrogens with one attached hydrogen (secondary N) is 1. The smallest absolute Gasteiger partial charge is 0.255 e. The predicted molar refractivity (Wildman–Crippen MR) is 82.8 cm³/mol. The Morgan fingerprint density at radius 3 is 2.67 bits per heavy atom. The summed E-state index contributed by atoms with van der Waals surface area (Å²) in [5.41, 5.74) is 1.37. The predicted octanol–water partition coefficient (Wildman–Crippen LogP) is 2.16. The number of carbonyl (C=O) groups excluding carboxylic acids is 1. The normalized spacial score (nSPS) is 17.7. The Bertz CT molecular complexity index is 507. The number of aromatic nitrogens is 2. The SMILES string of the molecule is Cc1nn(CCCl)c(C)c1C(=O)NCC1(O)CCCCC1. The Labute approximate surface area is 130 Å². The molecule has 21 heavy (non-hydrogen) atoms. The van der Waals surface area contributed by atoms with E-state index in [1.807, 2.05) is 13.8 Å². The largest absolute Gasteiger partial charge is 0.388 e. The fraction of sp³-hybridized carbons (Fsp3) is 0.733. The minimum absolute atomic E-state index is 0.162. The van der Waals surface area contributed by atoms with Crippen LogP contribution in [0, 0.1) is 13.8 Å². The molecule has 1 aromatic heterocycles. The number of rotatable bonds is 5. The van der Waals surface area contributed by atoms with Gasteiger partial charge in [0.1, 0.15) is 0 Å². The van der Waals surface area contributed by atoms with Crippen LogP contribution in [-0.2, 0) is 6.54 Å². The van der Waals surface area contributed by atoms with E-state index in [2.05, 4.69) is 10.4 Å². The molecular weight excluding hydrogens is 290 g/mol. The topological polar surface area (TPSA) is 67.2 Å². The van der Waals surface area contributed by atoms with E-state index in [0.717, 1.165) is 31.4 Å². The van der Waals surface area contributed by atoms with Crippen LogP contribution >= 0.6 is 11.6 Å². The molecule has 0 saturated heterocycles. The van der Waals surface area contributed by atoms with Gasteiger partial charge in [0.25, 0.3) is 5.91 Å². The fourth-order valence-electron chi connectivity index (χ4n) is 3.04. The average molecular weight is 314 g/mol. The minimum atomic E-state index is -0.748. The van der Waals surface area contributed by atoms with Crippen molar-refractivity contribution in [1.82, 2.24) is 15.1 Å². The Morgan fingerprint density at radius 2 is 2.05 bits per heavy atom. The van der Waals surface area contributed by atoms with Gasteiger partial charge in [-0.05, 0) is 26.7 Å². The molecule has 0 radical (unpaired) electrons. The van der Waals surface area contributed by atoms with Crippen molar-refractivity contribution in [3.63, 3.8) is 0 Å². The van der Waals surface area contributed by atoms with Crippen LogP contribution in [0.3, 0.4) is 0 Å². The lowest BCUT2D eigenvalue weighted by atomic mass is 9.85. The third kappa shape index (κ3) is 3.77. The Morgan fingerprint density at radius 1 is 1.38 bits per heavy atom. The van der Waals surface area contributed by atoms with Gasteiger partial charge < -0.3 is 10.4 Å². The molecule has 1 heterocycles. The molecule has 5 nitrogen and oxygen atoms in total. The van der Waals surface area contributed by atoms with Crippen LogP contribution in [-0.4, -0.2) is 38.8 Å². The standard InChI is InChI=1S/C15H24ClN3O2/c1-11-13(12(2)19(18-11)9-8-16)14(20)17-10-15(21)6-4-3-5-7-15/h21H,3-10H2,1-2H3,(H,17,20). The maximum atomic E-state index is 12.4. The van der Waals surface area contributed by atoms with Gasteiger partial charge in [0.05, 0.1) is 23.4 Å². The van der Waals surface area contributed by atoms with E-state index >= 15 is 0 Å². The summed E-state index contributed by atoms with van der Waals surface area (Å²) in [5, 5.41) is 17.7. The van der Waals surface area contributed by atoms with Crippen molar-refractivity contribution in [2.24, 2.45) is 0 Å². The van der Waals surface area contributed by atoms with E-state index in [4.69, 9.17) is 11.6 Å². The van der Waals surface area contributed by atoms with Crippen molar-refractivity contribution in [1.29, 1.82) is 0 Å². The highest BCUT2D eigenvalue weighted by Crippen LogP contribution is 2.27. The van der Waals surface area contributed by atoms with E-state index < -0.39 is 5.60 Å². The van der Waals surface area contributed by atoms with Gasteiger partial charge in [0.15, 0.2) is 0 Å². The van der Waals surface area contributed by atoms with Gasteiger partial charge in [-0.15, -0.1) is 11.6 Å². The first-order valence-corrected chi connectivity index (χ1v) is 8.11. The molecule has 0 spiro atoms. The van der Waals surface area contributed by atoms with Crippen LogP contribution in [0.5, 0.6) is 0 Å². The molecule has 0 aliphatic heterocycles. The quantitative estimate of drug-likeness (QED) is 0.819. The molecule has 0 unspecified atom stereocenters. The number of nitrogens with zero attached hydrogens (tertiary/aromatic N) is 2. The van der Waals surface area contributed by atoms with Crippen molar-refractivity contribution in [3.05, 3.63) is 17.0 Å². The van der Waals surface area contributed by atoms with Crippen LogP contribution in [0.15, 0.2) is 0 Å². The summed E-state index contributed by atoms with van der Waals surface area (Å²) in [4.78, 5) is 12.4. The zero-order valence-corrected chi connectivity index (χ0v) is 13.5. The summed E-state index contributed by atoms with van der Waals surface area (Å²) in [6.45, 7) is 4.59. The summed E-state index contributed by atoms with van der Waals surface area (Å²) in [5.74, 6) is 0.299.